The molecule has 0 unspecified atom stereocenters. The number of nitrogens with one attached hydrogen (secondary N) is 1. The third kappa shape index (κ3) is 5.79. The Morgan fingerprint density at radius 1 is 1.00 bits per heavy atom. The number of hydrogen-bond acceptors (Lipinski definition) is 3. The summed E-state index contributed by atoms with van der Waals surface area (Å²) < 4.78 is 13.8. The second-order valence-electron chi connectivity index (χ2n) is 6.60. The van der Waals surface area contributed by atoms with E-state index in [4.69, 9.17) is 23.2 Å². The maximum absolute atomic E-state index is 13.8. The summed E-state index contributed by atoms with van der Waals surface area (Å²) in [5.41, 5.74) is 0.766. The number of piperazine rings is 1. The maximum Gasteiger partial charge on any atom is 0.246 e. The number of carbonyl (C=O) groups excluding carboxylic acids is 2. The molecule has 0 aromatic heterocycles. The number of carbonyl (C=O) groups is 2. The molecule has 1 saturated heterocycles. The topological polar surface area (TPSA) is 52.7 Å². The fourth-order valence-corrected chi connectivity index (χ4v) is 3.42. The van der Waals surface area contributed by atoms with Crippen LogP contribution in [0.15, 0.2) is 48.5 Å². The molecule has 2 aromatic rings. The van der Waals surface area contributed by atoms with Crippen LogP contribution in [0.5, 0.6) is 0 Å². The van der Waals surface area contributed by atoms with Crippen LogP contribution in [-0.4, -0.2) is 54.3 Å². The van der Waals surface area contributed by atoms with Crippen molar-refractivity contribution in [1.82, 2.24) is 9.80 Å². The van der Waals surface area contributed by atoms with Gasteiger partial charge in [0.25, 0.3) is 0 Å². The first kappa shape index (κ1) is 21.3. The molecule has 1 aliphatic heterocycles. The molecule has 1 heterocycles. The molecule has 0 spiro atoms. The molecular weight excluding hydrogens is 416 g/mol. The number of benzene rings is 2. The highest BCUT2D eigenvalue weighted by molar-refractivity contribution is 6.33. The Labute approximate surface area is 178 Å². The normalized spacial score (nSPS) is 14.9. The van der Waals surface area contributed by atoms with E-state index in [2.05, 4.69) is 5.32 Å². The predicted molar refractivity (Wildman–Crippen MR) is 114 cm³/mol. The highest BCUT2D eigenvalue weighted by atomic mass is 35.5. The number of anilines is 1. The lowest BCUT2D eigenvalue weighted by molar-refractivity contribution is -0.127. The van der Waals surface area contributed by atoms with Gasteiger partial charge in [0.15, 0.2) is 0 Å². The zero-order valence-electron chi connectivity index (χ0n) is 15.6. The quantitative estimate of drug-likeness (QED) is 0.723. The van der Waals surface area contributed by atoms with Crippen LogP contribution in [-0.2, 0) is 9.59 Å². The zero-order chi connectivity index (χ0) is 20.8. The molecule has 29 heavy (non-hydrogen) atoms. The Hall–Kier alpha value is -2.41. The summed E-state index contributed by atoms with van der Waals surface area (Å²) in [5.74, 6) is -0.854. The molecule has 0 bridgehead atoms. The monoisotopic (exact) mass is 435 g/mol. The molecule has 152 valence electrons. The van der Waals surface area contributed by atoms with Gasteiger partial charge in [0.2, 0.25) is 11.8 Å². The molecule has 0 aliphatic carbocycles. The molecule has 8 heteroatoms. The van der Waals surface area contributed by atoms with Crippen LogP contribution < -0.4 is 5.32 Å². The SMILES string of the molecule is O=C(CN1CCN(C(=O)/C=C/c2c(F)cccc2Cl)CC1)Nc1ccccc1Cl. The van der Waals surface area contributed by atoms with Crippen LogP contribution in [0.4, 0.5) is 10.1 Å². The van der Waals surface area contributed by atoms with Gasteiger partial charge in [0, 0.05) is 37.8 Å². The van der Waals surface area contributed by atoms with Gasteiger partial charge >= 0.3 is 0 Å². The fraction of sp³-hybridized carbons (Fsp3) is 0.238. The molecule has 1 N–H and O–H groups in total. The zero-order valence-corrected chi connectivity index (χ0v) is 17.1. The number of para-hydroxylation sites is 1. The first-order valence-electron chi connectivity index (χ1n) is 9.12. The number of halogens is 3. The fourth-order valence-electron chi connectivity index (χ4n) is 3.01. The summed E-state index contributed by atoms with van der Waals surface area (Å²) in [6.07, 6.45) is 2.72. The third-order valence-corrected chi connectivity index (χ3v) is 5.25. The van der Waals surface area contributed by atoms with E-state index < -0.39 is 5.82 Å². The van der Waals surface area contributed by atoms with Gasteiger partial charge in [-0.1, -0.05) is 41.4 Å². The maximum atomic E-state index is 13.8. The van der Waals surface area contributed by atoms with E-state index in [0.717, 1.165) is 0 Å². The summed E-state index contributed by atoms with van der Waals surface area (Å²) in [6, 6.07) is 11.4. The average molecular weight is 436 g/mol. The first-order valence-corrected chi connectivity index (χ1v) is 9.87. The first-order chi connectivity index (χ1) is 13.9. The predicted octanol–water partition coefficient (Wildman–Crippen LogP) is 3.93. The van der Waals surface area contributed by atoms with Crippen LogP contribution in [0.2, 0.25) is 10.0 Å². The standard InChI is InChI=1S/C21H20Cl2FN3O2/c22-16-5-3-6-18(24)15(16)8-9-21(29)27-12-10-26(11-13-27)14-20(28)25-19-7-2-1-4-17(19)23/h1-9H,10-14H2,(H,25,28)/b9-8+. The van der Waals surface area contributed by atoms with Gasteiger partial charge in [-0.05, 0) is 30.3 Å². The van der Waals surface area contributed by atoms with Crippen molar-refractivity contribution in [3.63, 3.8) is 0 Å². The van der Waals surface area contributed by atoms with Crippen molar-refractivity contribution in [2.75, 3.05) is 38.0 Å². The summed E-state index contributed by atoms with van der Waals surface area (Å²) in [6.45, 7) is 2.31. The molecular formula is C21H20Cl2FN3O2. The van der Waals surface area contributed by atoms with Crippen molar-refractivity contribution in [1.29, 1.82) is 0 Å². The molecule has 0 atom stereocenters. The van der Waals surface area contributed by atoms with Crippen molar-refractivity contribution >= 4 is 46.8 Å². The van der Waals surface area contributed by atoms with Crippen molar-refractivity contribution in [2.45, 2.75) is 0 Å². The van der Waals surface area contributed by atoms with E-state index in [1.807, 2.05) is 4.90 Å². The van der Waals surface area contributed by atoms with E-state index in [1.165, 1.54) is 24.3 Å². The van der Waals surface area contributed by atoms with E-state index in [-0.39, 0.29) is 28.9 Å². The molecule has 3 rings (SSSR count). The smallest absolute Gasteiger partial charge is 0.246 e. The summed E-state index contributed by atoms with van der Waals surface area (Å²) >= 11 is 12.0. The van der Waals surface area contributed by atoms with Crippen molar-refractivity contribution in [2.24, 2.45) is 0 Å². The second kappa shape index (κ2) is 9.87. The van der Waals surface area contributed by atoms with Gasteiger partial charge in [-0.25, -0.2) is 4.39 Å². The highest BCUT2D eigenvalue weighted by Crippen LogP contribution is 2.21. The van der Waals surface area contributed by atoms with Crippen LogP contribution >= 0.6 is 23.2 Å². The van der Waals surface area contributed by atoms with E-state index in [0.29, 0.717) is 36.9 Å². The van der Waals surface area contributed by atoms with E-state index in [9.17, 15) is 14.0 Å². The number of amides is 2. The van der Waals surface area contributed by atoms with Crippen LogP contribution in [0.1, 0.15) is 5.56 Å². The van der Waals surface area contributed by atoms with E-state index >= 15 is 0 Å². The molecule has 1 aliphatic rings. The van der Waals surface area contributed by atoms with Crippen molar-refractivity contribution < 1.29 is 14.0 Å². The Kier molecular flexibility index (Phi) is 7.25. The summed E-state index contributed by atoms with van der Waals surface area (Å²) in [5, 5.41) is 3.53. The minimum Gasteiger partial charge on any atom is -0.337 e. The van der Waals surface area contributed by atoms with Gasteiger partial charge in [-0.15, -0.1) is 0 Å². The Morgan fingerprint density at radius 2 is 1.69 bits per heavy atom. The van der Waals surface area contributed by atoms with Crippen molar-refractivity contribution in [3.05, 3.63) is 70.0 Å². The second-order valence-corrected chi connectivity index (χ2v) is 7.41. The van der Waals surface area contributed by atoms with Crippen molar-refractivity contribution in [3.8, 4) is 0 Å². The minimum absolute atomic E-state index is 0.160. The molecule has 1 fully saturated rings. The third-order valence-electron chi connectivity index (χ3n) is 4.59. The van der Waals surface area contributed by atoms with Gasteiger partial charge in [-0.3, -0.25) is 14.5 Å². The van der Waals surface area contributed by atoms with Crippen LogP contribution in [0, 0.1) is 5.82 Å². The molecule has 5 nitrogen and oxygen atoms in total. The van der Waals surface area contributed by atoms with E-state index in [1.54, 1.807) is 35.2 Å². The minimum atomic E-state index is -0.476. The summed E-state index contributed by atoms with van der Waals surface area (Å²) in [7, 11) is 0. The lowest BCUT2D eigenvalue weighted by Gasteiger charge is -2.33. The molecule has 0 radical (unpaired) electrons. The van der Waals surface area contributed by atoms with Crippen LogP contribution in [0.3, 0.4) is 0 Å². The van der Waals surface area contributed by atoms with Gasteiger partial charge in [-0.2, -0.15) is 0 Å². The Bertz CT molecular complexity index is 908. The number of nitrogens with zero attached hydrogens (tertiary/aromatic N) is 2. The molecule has 2 aromatic carbocycles. The average Bonchev–Trinajstić information content (AvgIpc) is 2.70. The molecule has 0 saturated carbocycles. The molecule has 2 amide bonds. The Balaban J connectivity index is 1.48. The highest BCUT2D eigenvalue weighted by Gasteiger charge is 2.21. The van der Waals surface area contributed by atoms with Crippen LogP contribution in [0.25, 0.3) is 6.08 Å². The van der Waals surface area contributed by atoms with Gasteiger partial charge < -0.3 is 10.2 Å². The number of rotatable bonds is 5. The van der Waals surface area contributed by atoms with Gasteiger partial charge in [0.1, 0.15) is 5.82 Å². The lowest BCUT2D eigenvalue weighted by atomic mass is 10.2. The van der Waals surface area contributed by atoms with Gasteiger partial charge in [0.05, 0.1) is 22.3 Å². The largest absolute Gasteiger partial charge is 0.337 e. The summed E-state index contributed by atoms with van der Waals surface area (Å²) in [4.78, 5) is 28.2. The number of hydrogen-bond donors (Lipinski definition) is 1. The lowest BCUT2D eigenvalue weighted by Crippen LogP contribution is -2.50. The Morgan fingerprint density at radius 3 is 2.38 bits per heavy atom.